The third-order valence-electron chi connectivity index (χ3n) is 3.54. The van der Waals surface area contributed by atoms with E-state index in [4.69, 9.17) is 0 Å². The zero-order valence-corrected chi connectivity index (χ0v) is 12.9. The van der Waals surface area contributed by atoms with Crippen LogP contribution in [-0.4, -0.2) is 34.2 Å². The zero-order valence-electron chi connectivity index (χ0n) is 11.3. The number of hydrogen-bond acceptors (Lipinski definition) is 3. The maximum Gasteiger partial charge on any atom is 0.242 e. The lowest BCUT2D eigenvalue weighted by Gasteiger charge is -2.20. The minimum atomic E-state index is 0.230. The molecular formula is C15H18N2OS2. The molecule has 0 unspecified atom stereocenters. The molecule has 1 fully saturated rings. The van der Waals surface area contributed by atoms with E-state index in [1.807, 2.05) is 57.1 Å². The number of aromatic nitrogens is 1. The quantitative estimate of drug-likeness (QED) is 0.869. The van der Waals surface area contributed by atoms with E-state index in [0.717, 1.165) is 25.3 Å². The van der Waals surface area contributed by atoms with Crippen LogP contribution < -0.4 is 0 Å². The van der Waals surface area contributed by atoms with Gasteiger partial charge in [-0.15, -0.1) is 11.3 Å². The van der Waals surface area contributed by atoms with Gasteiger partial charge in [0, 0.05) is 41.4 Å². The van der Waals surface area contributed by atoms with Gasteiger partial charge in [0.1, 0.15) is 6.54 Å². The Labute approximate surface area is 127 Å². The molecule has 0 N–H and O–H groups in total. The predicted octanol–water partition coefficient (Wildman–Crippen LogP) is 3.26. The van der Waals surface area contributed by atoms with Crippen LogP contribution in [-0.2, 0) is 11.3 Å². The summed E-state index contributed by atoms with van der Waals surface area (Å²) >= 11 is 3.80. The number of nitrogens with zero attached hydrogens (tertiary/aromatic N) is 2. The Morgan fingerprint density at radius 2 is 2.10 bits per heavy atom. The van der Waals surface area contributed by atoms with E-state index in [0.29, 0.717) is 11.8 Å². The second-order valence-electron chi connectivity index (χ2n) is 4.90. The largest absolute Gasteiger partial charge is 0.345 e. The van der Waals surface area contributed by atoms with Crippen LogP contribution in [0.5, 0.6) is 0 Å². The first-order valence-electron chi connectivity index (χ1n) is 6.86. The Morgan fingerprint density at radius 3 is 2.85 bits per heavy atom. The van der Waals surface area contributed by atoms with E-state index in [-0.39, 0.29) is 5.91 Å². The van der Waals surface area contributed by atoms with Crippen molar-refractivity contribution in [3.63, 3.8) is 0 Å². The Morgan fingerprint density at radius 1 is 1.25 bits per heavy atom. The Balaban J connectivity index is 1.58. The van der Waals surface area contributed by atoms with Gasteiger partial charge in [-0.05, 0) is 30.0 Å². The first-order valence-corrected chi connectivity index (χ1v) is 8.79. The van der Waals surface area contributed by atoms with Crippen LogP contribution in [0.25, 0.3) is 0 Å². The van der Waals surface area contributed by atoms with Crippen molar-refractivity contribution in [2.45, 2.75) is 18.2 Å². The summed E-state index contributed by atoms with van der Waals surface area (Å²) < 4.78 is 1.94. The van der Waals surface area contributed by atoms with Gasteiger partial charge in [-0.3, -0.25) is 4.79 Å². The molecule has 20 heavy (non-hydrogen) atoms. The smallest absolute Gasteiger partial charge is 0.242 e. The molecule has 0 aromatic carbocycles. The van der Waals surface area contributed by atoms with Crippen molar-refractivity contribution in [2.24, 2.45) is 0 Å². The zero-order chi connectivity index (χ0) is 13.8. The van der Waals surface area contributed by atoms with Crippen LogP contribution >= 0.6 is 23.1 Å². The summed E-state index contributed by atoms with van der Waals surface area (Å²) in [5.41, 5.74) is 0. The van der Waals surface area contributed by atoms with E-state index in [9.17, 15) is 4.79 Å². The van der Waals surface area contributed by atoms with Gasteiger partial charge >= 0.3 is 0 Å². The van der Waals surface area contributed by atoms with E-state index in [2.05, 4.69) is 17.5 Å². The molecule has 0 aliphatic carbocycles. The topological polar surface area (TPSA) is 25.2 Å². The molecule has 1 aliphatic rings. The van der Waals surface area contributed by atoms with Crippen LogP contribution in [0.1, 0.15) is 16.5 Å². The lowest BCUT2D eigenvalue weighted by molar-refractivity contribution is -0.131. The van der Waals surface area contributed by atoms with E-state index in [1.54, 1.807) is 0 Å². The molecule has 1 aliphatic heterocycles. The minimum Gasteiger partial charge on any atom is -0.345 e. The van der Waals surface area contributed by atoms with Crippen molar-refractivity contribution in [1.29, 1.82) is 0 Å². The van der Waals surface area contributed by atoms with Gasteiger partial charge < -0.3 is 9.47 Å². The molecule has 106 valence electrons. The Kier molecular flexibility index (Phi) is 4.47. The summed E-state index contributed by atoms with van der Waals surface area (Å²) in [4.78, 5) is 15.8. The summed E-state index contributed by atoms with van der Waals surface area (Å²) in [6.45, 7) is 2.20. The fourth-order valence-corrected chi connectivity index (χ4v) is 4.69. The number of hydrogen-bond donors (Lipinski definition) is 0. The fourth-order valence-electron chi connectivity index (χ4n) is 2.45. The third-order valence-corrected chi connectivity index (χ3v) is 5.98. The molecule has 0 radical (unpaired) electrons. The molecule has 1 atom stereocenters. The molecule has 0 saturated carbocycles. The van der Waals surface area contributed by atoms with Gasteiger partial charge in [0.05, 0.1) is 0 Å². The maximum atomic E-state index is 12.3. The van der Waals surface area contributed by atoms with Crippen molar-refractivity contribution in [3.8, 4) is 0 Å². The molecule has 2 aromatic heterocycles. The van der Waals surface area contributed by atoms with Crippen molar-refractivity contribution in [1.82, 2.24) is 9.47 Å². The summed E-state index contributed by atoms with van der Waals surface area (Å²) in [6, 6.07) is 8.23. The third kappa shape index (κ3) is 3.27. The summed E-state index contributed by atoms with van der Waals surface area (Å²) in [6.07, 6.45) is 4.94. The lowest BCUT2D eigenvalue weighted by atomic mass is 10.2. The lowest BCUT2D eigenvalue weighted by Crippen LogP contribution is -2.35. The number of thioether (sulfide) groups is 1. The van der Waals surface area contributed by atoms with Gasteiger partial charge in [-0.25, -0.2) is 0 Å². The highest BCUT2D eigenvalue weighted by atomic mass is 32.2. The number of rotatable bonds is 3. The predicted molar refractivity (Wildman–Crippen MR) is 85.1 cm³/mol. The van der Waals surface area contributed by atoms with Gasteiger partial charge in [-0.1, -0.05) is 6.07 Å². The van der Waals surface area contributed by atoms with Crippen molar-refractivity contribution < 1.29 is 4.79 Å². The SMILES string of the molecule is O=C(Cn1cccc1)N1CCS[C@@H](c2cccs2)CC1. The first kappa shape index (κ1) is 13.8. The average molecular weight is 306 g/mol. The second-order valence-corrected chi connectivity index (χ2v) is 7.19. The highest BCUT2D eigenvalue weighted by Gasteiger charge is 2.22. The number of carbonyl (C=O) groups is 1. The summed E-state index contributed by atoms with van der Waals surface area (Å²) in [5.74, 6) is 1.26. The normalized spacial score (nSPS) is 19.8. The van der Waals surface area contributed by atoms with Gasteiger partial charge in [0.25, 0.3) is 0 Å². The van der Waals surface area contributed by atoms with Crippen LogP contribution in [0.15, 0.2) is 42.0 Å². The molecular weight excluding hydrogens is 288 g/mol. The van der Waals surface area contributed by atoms with Crippen molar-refractivity contribution in [2.75, 3.05) is 18.8 Å². The maximum absolute atomic E-state index is 12.3. The molecule has 0 spiro atoms. The Bertz CT molecular complexity index is 536. The monoisotopic (exact) mass is 306 g/mol. The Hall–Kier alpha value is -1.20. The summed E-state index contributed by atoms with van der Waals surface area (Å²) in [5, 5.41) is 2.69. The molecule has 1 amide bonds. The molecule has 5 heteroatoms. The van der Waals surface area contributed by atoms with Crippen LogP contribution in [0.3, 0.4) is 0 Å². The summed E-state index contributed by atoms with van der Waals surface area (Å²) in [7, 11) is 0. The number of thiophene rings is 1. The van der Waals surface area contributed by atoms with E-state index >= 15 is 0 Å². The van der Waals surface area contributed by atoms with Crippen molar-refractivity contribution in [3.05, 3.63) is 46.9 Å². The highest BCUT2D eigenvalue weighted by Crippen LogP contribution is 2.36. The number of carbonyl (C=O) groups excluding carboxylic acids is 1. The van der Waals surface area contributed by atoms with Crippen molar-refractivity contribution >= 4 is 29.0 Å². The van der Waals surface area contributed by atoms with Gasteiger partial charge in [0.2, 0.25) is 5.91 Å². The van der Waals surface area contributed by atoms with Gasteiger partial charge in [0.15, 0.2) is 0 Å². The van der Waals surface area contributed by atoms with E-state index < -0.39 is 0 Å². The van der Waals surface area contributed by atoms with E-state index in [1.165, 1.54) is 4.88 Å². The second kappa shape index (κ2) is 6.50. The average Bonchev–Trinajstić information content (AvgIpc) is 3.09. The molecule has 3 nitrogen and oxygen atoms in total. The minimum absolute atomic E-state index is 0.230. The highest BCUT2D eigenvalue weighted by molar-refractivity contribution is 7.99. The van der Waals surface area contributed by atoms with Crippen LogP contribution in [0.4, 0.5) is 0 Å². The fraction of sp³-hybridized carbons (Fsp3) is 0.400. The van der Waals surface area contributed by atoms with Gasteiger partial charge in [-0.2, -0.15) is 11.8 Å². The molecule has 1 saturated heterocycles. The van der Waals surface area contributed by atoms with Crippen LogP contribution in [0.2, 0.25) is 0 Å². The van der Waals surface area contributed by atoms with Crippen LogP contribution in [0, 0.1) is 0 Å². The molecule has 2 aromatic rings. The molecule has 0 bridgehead atoms. The first-order chi connectivity index (χ1) is 9.83. The standard InChI is InChI=1S/C15H18N2OS2/c18-15(12-16-6-1-2-7-16)17-8-5-14(20-11-9-17)13-4-3-10-19-13/h1-4,6-7,10,14H,5,8-9,11-12H2/t14-/m1/s1. The molecule has 3 rings (SSSR count). The molecule has 3 heterocycles. The number of amides is 1.